The van der Waals surface area contributed by atoms with Gasteiger partial charge in [-0.05, 0) is 105 Å². The van der Waals surface area contributed by atoms with Gasteiger partial charge in [0.2, 0.25) is 0 Å². The predicted octanol–water partition coefficient (Wildman–Crippen LogP) is 8.61. The van der Waals surface area contributed by atoms with Crippen molar-refractivity contribution in [3.05, 3.63) is 181 Å². The number of piperidine rings is 2. The Morgan fingerprint density at radius 1 is 0.456 bits per heavy atom. The van der Waals surface area contributed by atoms with Crippen molar-refractivity contribution in [3.63, 3.8) is 0 Å². The first-order chi connectivity index (χ1) is 32.6. The van der Waals surface area contributed by atoms with Crippen LogP contribution < -0.4 is 9.47 Å². The number of likely N-dealkylation sites (tertiary alicyclic amines) is 2. The molecule has 6 aromatic carbocycles. The quantitative estimate of drug-likeness (QED) is 0.0912. The largest absolute Gasteiger partial charge is 0.480 e. The Morgan fingerprint density at radius 3 is 1.07 bits per heavy atom. The minimum Gasteiger partial charge on any atom is -0.480 e. The Morgan fingerprint density at radius 2 is 0.750 bits per heavy atom. The number of aliphatic carboxylic acids is 1. The zero-order valence-electron chi connectivity index (χ0n) is 37.5. The number of rotatable bonds is 16. The molecule has 6 aromatic rings. The second-order valence-corrected chi connectivity index (χ2v) is 21.3. The number of hydrogen-bond acceptors (Lipinski definition) is 12. The van der Waals surface area contributed by atoms with Crippen LogP contribution in [0.25, 0.3) is 0 Å². The average Bonchev–Trinajstić information content (AvgIpc) is 3.36. The van der Waals surface area contributed by atoms with Gasteiger partial charge in [0.25, 0.3) is 0 Å². The molecule has 2 saturated heterocycles. The van der Waals surface area contributed by atoms with E-state index >= 15 is 0 Å². The first-order valence-corrected chi connectivity index (χ1v) is 25.1. The van der Waals surface area contributed by atoms with Gasteiger partial charge in [-0.2, -0.15) is 0 Å². The maximum Gasteiger partial charge on any atom is 0.325 e. The number of hydrogen-bond donors (Lipinski definition) is 1. The molecule has 15 heteroatoms. The van der Waals surface area contributed by atoms with Crippen LogP contribution >= 0.6 is 0 Å². The molecule has 0 saturated carbocycles. The second kappa shape index (κ2) is 21.5. The number of carbonyl (C=O) groups is 4. The molecule has 0 amide bonds. The first kappa shape index (κ1) is 49.1. The van der Waals surface area contributed by atoms with Crippen molar-refractivity contribution < 1.29 is 50.6 Å². The summed E-state index contributed by atoms with van der Waals surface area (Å²) >= 11 is 0. The number of sulfone groups is 2. The molecular weight excluding hydrogens is 905 g/mol. The average molecular weight is 957 g/mol. The Hall–Kier alpha value is -6.78. The van der Waals surface area contributed by atoms with E-state index in [4.69, 9.17) is 9.47 Å². The molecule has 0 atom stereocenters. The smallest absolute Gasteiger partial charge is 0.325 e. The summed E-state index contributed by atoms with van der Waals surface area (Å²) in [7, 11) is -8.12. The lowest BCUT2D eigenvalue weighted by molar-refractivity contribution is -0.141. The Balaban J connectivity index is 0.000000201. The highest BCUT2D eigenvalue weighted by molar-refractivity contribution is 7.94. The highest BCUT2D eigenvalue weighted by Crippen LogP contribution is 2.39. The summed E-state index contributed by atoms with van der Waals surface area (Å²) in [6.45, 7) is 2.75. The molecule has 0 unspecified atom stereocenters. The van der Waals surface area contributed by atoms with E-state index in [1.54, 1.807) is 60.7 Å². The van der Waals surface area contributed by atoms with E-state index in [1.807, 2.05) is 82.6 Å². The van der Waals surface area contributed by atoms with Gasteiger partial charge in [0.05, 0.1) is 22.9 Å². The number of carboxylic acids is 1. The summed E-state index contributed by atoms with van der Waals surface area (Å²) in [5.41, 5.74) is 1.19. The molecule has 1 N–H and O–H groups in total. The number of ketones is 3. The van der Waals surface area contributed by atoms with E-state index in [-0.39, 0.29) is 79.0 Å². The van der Waals surface area contributed by atoms with Crippen LogP contribution in [0.4, 0.5) is 0 Å². The summed E-state index contributed by atoms with van der Waals surface area (Å²) in [6.07, 6.45) is 0.0913. The monoisotopic (exact) mass is 956 g/mol. The standard InChI is InChI=1S/C27H27NO5S.C26H25NO6S/c1-21(29)27(16-18-28(19-17-27)20-26(30)22-8-4-2-5-9-22)34(31,32)25-14-12-24(13-15-25)33-23-10-6-3-7-11-23;28-24(20-7-3-1-4-8-20)19-27-17-15-26(16-18-27,25(29)30)34(31,32)23-13-11-22(12-14-23)33-21-9-5-2-6-10-21/h2-15H,16-20H2,1H3;1-14H,15-19H2,(H,29,30). The number of carboxylic acid groups (broad SMARTS) is 1. The molecule has 68 heavy (non-hydrogen) atoms. The molecule has 13 nitrogen and oxygen atoms in total. The van der Waals surface area contributed by atoms with Gasteiger partial charge in [-0.15, -0.1) is 0 Å². The number of nitrogens with zero attached hydrogens (tertiary/aromatic N) is 2. The summed E-state index contributed by atoms with van der Waals surface area (Å²) in [5.74, 6) is 0.374. The van der Waals surface area contributed by atoms with Crippen LogP contribution in [0.15, 0.2) is 180 Å². The van der Waals surface area contributed by atoms with Gasteiger partial charge in [0, 0.05) is 37.3 Å². The Bertz CT molecular complexity index is 2700. The van der Waals surface area contributed by atoms with E-state index in [0.717, 1.165) is 0 Å². The summed E-state index contributed by atoms with van der Waals surface area (Å²) in [6, 6.07) is 48.1. The van der Waals surface area contributed by atoms with Crippen LogP contribution in [0.2, 0.25) is 0 Å². The first-order valence-electron chi connectivity index (χ1n) is 22.1. The van der Waals surface area contributed by atoms with Crippen molar-refractivity contribution in [2.24, 2.45) is 0 Å². The predicted molar refractivity (Wildman–Crippen MR) is 257 cm³/mol. The molecule has 2 aliphatic rings. The molecule has 352 valence electrons. The minimum absolute atomic E-state index is 0.0206. The highest BCUT2D eigenvalue weighted by atomic mass is 32.2. The molecule has 0 aliphatic carbocycles. The maximum atomic E-state index is 13.6. The normalized spacial score (nSPS) is 16.0. The van der Waals surface area contributed by atoms with Gasteiger partial charge in [0.1, 0.15) is 27.7 Å². The molecule has 2 aliphatic heterocycles. The van der Waals surface area contributed by atoms with Gasteiger partial charge in [-0.25, -0.2) is 16.8 Å². The molecule has 2 fully saturated rings. The molecule has 0 aromatic heterocycles. The van der Waals surface area contributed by atoms with Crippen molar-refractivity contribution >= 4 is 43.0 Å². The van der Waals surface area contributed by atoms with Gasteiger partial charge in [-0.3, -0.25) is 29.0 Å². The summed E-state index contributed by atoms with van der Waals surface area (Å²) in [4.78, 5) is 53.8. The van der Waals surface area contributed by atoms with Crippen LogP contribution in [-0.4, -0.2) is 104 Å². The zero-order valence-corrected chi connectivity index (χ0v) is 39.1. The number of para-hydroxylation sites is 2. The van der Waals surface area contributed by atoms with Gasteiger partial charge in [0.15, 0.2) is 41.8 Å². The van der Waals surface area contributed by atoms with Crippen molar-refractivity contribution in [1.29, 1.82) is 0 Å². The molecule has 2 heterocycles. The van der Waals surface area contributed by atoms with E-state index in [1.165, 1.54) is 43.3 Å². The number of ether oxygens (including phenoxy) is 2. The molecule has 0 radical (unpaired) electrons. The topological polar surface area (TPSA) is 182 Å². The fourth-order valence-corrected chi connectivity index (χ4v) is 12.4. The van der Waals surface area contributed by atoms with Gasteiger partial charge in [-0.1, -0.05) is 97.1 Å². The van der Waals surface area contributed by atoms with Crippen LogP contribution in [-0.2, 0) is 29.3 Å². The molecule has 0 bridgehead atoms. The number of Topliss-reactive ketones (excluding diaryl/α,β-unsaturated/α-hetero) is 3. The van der Waals surface area contributed by atoms with Crippen LogP contribution in [0, 0.1) is 0 Å². The molecule has 0 spiro atoms. The van der Waals surface area contributed by atoms with Crippen LogP contribution in [0.1, 0.15) is 53.3 Å². The summed E-state index contributed by atoms with van der Waals surface area (Å²) < 4.78 is 62.2. The van der Waals surface area contributed by atoms with Gasteiger partial charge < -0.3 is 14.6 Å². The Labute approximate surface area is 396 Å². The molecule has 8 rings (SSSR count). The lowest BCUT2D eigenvalue weighted by atomic mass is 9.91. The fourth-order valence-electron chi connectivity index (χ4n) is 8.46. The van der Waals surface area contributed by atoms with Crippen LogP contribution in [0.3, 0.4) is 0 Å². The van der Waals surface area contributed by atoms with Crippen molar-refractivity contribution in [2.45, 2.75) is 51.9 Å². The van der Waals surface area contributed by atoms with E-state index in [0.29, 0.717) is 47.2 Å². The minimum atomic E-state index is -4.18. The van der Waals surface area contributed by atoms with E-state index in [2.05, 4.69) is 0 Å². The highest BCUT2D eigenvalue weighted by Gasteiger charge is 2.54. The van der Waals surface area contributed by atoms with Crippen molar-refractivity contribution in [1.82, 2.24) is 9.80 Å². The summed E-state index contributed by atoms with van der Waals surface area (Å²) in [5, 5.41) is 9.99. The number of benzene rings is 6. The van der Waals surface area contributed by atoms with Crippen molar-refractivity contribution in [3.8, 4) is 23.0 Å². The third kappa shape index (κ3) is 11.0. The van der Waals surface area contributed by atoms with Gasteiger partial charge >= 0.3 is 5.97 Å². The third-order valence-electron chi connectivity index (χ3n) is 12.5. The number of carbonyl (C=O) groups excluding carboxylic acids is 3. The maximum absolute atomic E-state index is 13.6. The van der Waals surface area contributed by atoms with Crippen molar-refractivity contribution in [2.75, 3.05) is 39.3 Å². The van der Waals surface area contributed by atoms with E-state index < -0.39 is 35.1 Å². The Kier molecular flexibility index (Phi) is 15.5. The lowest BCUT2D eigenvalue weighted by Crippen LogP contribution is -2.54. The molecular formula is C53H52N2O11S2. The third-order valence-corrected chi connectivity index (χ3v) is 17.7. The second-order valence-electron chi connectivity index (χ2n) is 16.8. The SMILES string of the molecule is CC(=O)C1(S(=O)(=O)c2ccc(Oc3ccccc3)cc2)CCN(CC(=O)c2ccccc2)CC1.O=C(CN1CCC(C(=O)O)(S(=O)(=O)c2ccc(Oc3ccccc3)cc2)CC1)c1ccccc1. The van der Waals surface area contributed by atoms with E-state index in [9.17, 15) is 41.1 Å². The lowest BCUT2D eigenvalue weighted by Gasteiger charge is -2.39. The zero-order chi connectivity index (χ0) is 48.4. The fraction of sp³-hybridized carbons (Fsp3) is 0.245. The van der Waals surface area contributed by atoms with Crippen LogP contribution in [0.5, 0.6) is 23.0 Å².